The van der Waals surface area contributed by atoms with E-state index in [0.717, 1.165) is 21.7 Å². The van der Waals surface area contributed by atoms with Crippen LogP contribution in [0.2, 0.25) is 0 Å². The Labute approximate surface area is 114 Å². The average molecular weight is 271 g/mol. The van der Waals surface area contributed by atoms with E-state index in [-0.39, 0.29) is 0 Å². The molecule has 3 aromatic rings. The van der Waals surface area contributed by atoms with Crippen molar-refractivity contribution in [2.45, 2.75) is 19.4 Å². The molecule has 1 unspecified atom stereocenters. The minimum absolute atomic E-state index is 0.478. The number of rotatable bonds is 3. The van der Waals surface area contributed by atoms with Crippen LogP contribution < -0.4 is 0 Å². The van der Waals surface area contributed by atoms with E-state index in [2.05, 4.69) is 15.0 Å². The van der Waals surface area contributed by atoms with E-state index in [1.165, 1.54) is 0 Å². The van der Waals surface area contributed by atoms with E-state index < -0.39 is 6.10 Å². The van der Waals surface area contributed by atoms with Crippen LogP contribution in [0.5, 0.6) is 0 Å². The Balaban J connectivity index is 1.86. The summed E-state index contributed by atoms with van der Waals surface area (Å²) in [5, 5.41) is 13.1. The zero-order chi connectivity index (χ0) is 13.2. The molecule has 2 aromatic heterocycles. The van der Waals surface area contributed by atoms with E-state index in [1.54, 1.807) is 17.5 Å². The second-order valence-corrected chi connectivity index (χ2v) is 5.33. The van der Waals surface area contributed by atoms with Gasteiger partial charge in [-0.1, -0.05) is 12.1 Å². The molecule has 0 fully saturated rings. The van der Waals surface area contributed by atoms with Crippen molar-refractivity contribution in [1.29, 1.82) is 0 Å². The van der Waals surface area contributed by atoms with Gasteiger partial charge in [0.2, 0.25) is 0 Å². The number of fused-ring (bicyclic) bond motifs is 1. The maximum absolute atomic E-state index is 10.2. The van der Waals surface area contributed by atoms with Gasteiger partial charge in [-0.05, 0) is 19.1 Å². The molecule has 0 aliphatic heterocycles. The Morgan fingerprint density at radius 1 is 1.21 bits per heavy atom. The molecule has 0 aliphatic rings. The monoisotopic (exact) mass is 271 g/mol. The minimum atomic E-state index is -0.664. The maximum atomic E-state index is 10.2. The van der Waals surface area contributed by atoms with Crippen LogP contribution in [0.15, 0.2) is 35.8 Å². The van der Waals surface area contributed by atoms with Gasteiger partial charge in [0.15, 0.2) is 0 Å². The quantitative estimate of drug-likeness (QED) is 0.795. The molecule has 1 atom stereocenters. The molecule has 4 nitrogen and oxygen atoms in total. The van der Waals surface area contributed by atoms with Crippen molar-refractivity contribution in [3.63, 3.8) is 0 Å². The Hall–Kier alpha value is -1.85. The number of aliphatic hydroxyl groups excluding tert-OH is 1. The molecule has 0 saturated carbocycles. The Morgan fingerprint density at radius 3 is 2.74 bits per heavy atom. The lowest BCUT2D eigenvalue weighted by Crippen LogP contribution is -2.05. The largest absolute Gasteiger partial charge is 0.386 e. The van der Waals surface area contributed by atoms with Gasteiger partial charge in [0.25, 0.3) is 0 Å². The lowest BCUT2D eigenvalue weighted by Gasteiger charge is -2.08. The molecule has 0 radical (unpaired) electrons. The second-order valence-electron chi connectivity index (χ2n) is 4.39. The molecular formula is C14H13N3OS. The van der Waals surface area contributed by atoms with Gasteiger partial charge in [0.05, 0.1) is 27.9 Å². The number of thiazole rings is 1. The summed E-state index contributed by atoms with van der Waals surface area (Å²) in [5.41, 5.74) is 3.21. The summed E-state index contributed by atoms with van der Waals surface area (Å²) in [6, 6.07) is 7.64. The van der Waals surface area contributed by atoms with Crippen molar-refractivity contribution in [3.05, 3.63) is 52.2 Å². The van der Waals surface area contributed by atoms with Gasteiger partial charge in [0.1, 0.15) is 6.10 Å². The fraction of sp³-hybridized carbons (Fsp3) is 0.214. The molecule has 0 amide bonds. The van der Waals surface area contributed by atoms with Crippen molar-refractivity contribution in [3.8, 4) is 0 Å². The highest BCUT2D eigenvalue weighted by molar-refractivity contribution is 7.09. The van der Waals surface area contributed by atoms with E-state index in [9.17, 15) is 5.11 Å². The van der Waals surface area contributed by atoms with Crippen LogP contribution in [0.1, 0.15) is 22.5 Å². The number of para-hydroxylation sites is 2. The number of aryl methyl sites for hydroxylation is 1. The molecule has 3 rings (SSSR count). The summed E-state index contributed by atoms with van der Waals surface area (Å²) < 4.78 is 0. The summed E-state index contributed by atoms with van der Waals surface area (Å²) in [6.07, 6.45) is 1.45. The predicted octanol–water partition coefficient (Wildman–Crippen LogP) is 2.67. The van der Waals surface area contributed by atoms with Gasteiger partial charge in [-0.15, -0.1) is 11.3 Å². The fourth-order valence-corrected chi connectivity index (χ4v) is 2.71. The predicted molar refractivity (Wildman–Crippen MR) is 75.1 cm³/mol. The van der Waals surface area contributed by atoms with Crippen molar-refractivity contribution in [2.75, 3.05) is 0 Å². The lowest BCUT2D eigenvalue weighted by atomic mass is 10.2. The molecular weight excluding hydrogens is 258 g/mol. The third-order valence-corrected chi connectivity index (χ3v) is 3.83. The number of hydrogen-bond donors (Lipinski definition) is 1. The van der Waals surface area contributed by atoms with E-state index in [1.807, 2.05) is 36.6 Å². The van der Waals surface area contributed by atoms with Crippen LogP contribution >= 0.6 is 11.3 Å². The first-order valence-electron chi connectivity index (χ1n) is 6.03. The molecule has 0 bridgehead atoms. The Bertz CT molecular complexity index is 710. The average Bonchev–Trinajstić information content (AvgIpc) is 2.83. The van der Waals surface area contributed by atoms with E-state index >= 15 is 0 Å². The molecule has 0 spiro atoms. The first-order valence-corrected chi connectivity index (χ1v) is 6.91. The number of aromatic nitrogens is 3. The third-order valence-electron chi connectivity index (χ3n) is 2.84. The normalized spacial score (nSPS) is 12.7. The van der Waals surface area contributed by atoms with Gasteiger partial charge in [-0.3, -0.25) is 4.98 Å². The Morgan fingerprint density at radius 2 is 2.00 bits per heavy atom. The molecule has 1 N–H and O–H groups in total. The summed E-state index contributed by atoms with van der Waals surface area (Å²) in [7, 11) is 0. The third kappa shape index (κ3) is 2.62. The van der Waals surface area contributed by atoms with Crippen LogP contribution in [0, 0.1) is 6.92 Å². The van der Waals surface area contributed by atoms with Gasteiger partial charge >= 0.3 is 0 Å². The van der Waals surface area contributed by atoms with Gasteiger partial charge in [-0.25, -0.2) is 9.97 Å². The molecule has 5 heteroatoms. The van der Waals surface area contributed by atoms with Crippen molar-refractivity contribution in [1.82, 2.24) is 15.0 Å². The number of hydrogen-bond acceptors (Lipinski definition) is 5. The zero-order valence-electron chi connectivity index (χ0n) is 10.4. The highest BCUT2D eigenvalue weighted by Crippen LogP contribution is 2.20. The smallest absolute Gasteiger partial charge is 0.104 e. The summed E-state index contributed by atoms with van der Waals surface area (Å²) in [6.45, 7) is 1.95. The molecule has 1 aromatic carbocycles. The highest BCUT2D eigenvalue weighted by Gasteiger charge is 2.13. The number of nitrogens with zero attached hydrogens (tertiary/aromatic N) is 3. The van der Waals surface area contributed by atoms with Gasteiger partial charge in [-0.2, -0.15) is 0 Å². The van der Waals surface area contributed by atoms with Crippen molar-refractivity contribution >= 4 is 22.4 Å². The highest BCUT2D eigenvalue weighted by atomic mass is 32.1. The topological polar surface area (TPSA) is 58.9 Å². The van der Waals surface area contributed by atoms with Gasteiger partial charge < -0.3 is 5.11 Å². The van der Waals surface area contributed by atoms with E-state index in [0.29, 0.717) is 12.1 Å². The summed E-state index contributed by atoms with van der Waals surface area (Å²) in [4.78, 5) is 13.1. The lowest BCUT2D eigenvalue weighted by molar-refractivity contribution is 0.173. The minimum Gasteiger partial charge on any atom is -0.386 e. The maximum Gasteiger partial charge on any atom is 0.104 e. The number of aliphatic hydroxyl groups is 1. The fourth-order valence-electron chi connectivity index (χ4n) is 1.90. The van der Waals surface area contributed by atoms with Crippen molar-refractivity contribution in [2.24, 2.45) is 0 Å². The molecule has 19 heavy (non-hydrogen) atoms. The summed E-state index contributed by atoms with van der Waals surface area (Å²) in [5.74, 6) is 0. The molecule has 2 heterocycles. The standard InChI is InChI=1S/C14H13N3OS/c1-9-8-19-14(16-9)6-13(18)12-7-15-10-4-2-3-5-11(10)17-12/h2-5,7-8,13,18H,6H2,1H3. The molecule has 0 saturated heterocycles. The van der Waals surface area contributed by atoms with Crippen LogP contribution in [-0.4, -0.2) is 20.1 Å². The SMILES string of the molecule is Cc1csc(CC(O)c2cnc3ccccc3n2)n1. The second kappa shape index (κ2) is 5.03. The number of benzene rings is 1. The van der Waals surface area contributed by atoms with Crippen LogP contribution in [0.4, 0.5) is 0 Å². The van der Waals surface area contributed by atoms with Crippen LogP contribution in [0.3, 0.4) is 0 Å². The van der Waals surface area contributed by atoms with Crippen LogP contribution in [0.25, 0.3) is 11.0 Å². The first-order chi connectivity index (χ1) is 9.22. The van der Waals surface area contributed by atoms with Crippen LogP contribution in [-0.2, 0) is 6.42 Å². The summed E-state index contributed by atoms with van der Waals surface area (Å²) >= 11 is 1.56. The Kier molecular flexibility index (Phi) is 3.23. The first kappa shape index (κ1) is 12.2. The van der Waals surface area contributed by atoms with E-state index in [4.69, 9.17) is 0 Å². The zero-order valence-corrected chi connectivity index (χ0v) is 11.3. The molecule has 96 valence electrons. The van der Waals surface area contributed by atoms with Gasteiger partial charge in [0, 0.05) is 17.5 Å². The van der Waals surface area contributed by atoms with Crippen molar-refractivity contribution < 1.29 is 5.11 Å². The molecule has 0 aliphatic carbocycles.